The number of amides is 1. The predicted molar refractivity (Wildman–Crippen MR) is 132 cm³/mol. The first-order chi connectivity index (χ1) is 16.5. The molecule has 2 aromatic rings. The van der Waals surface area contributed by atoms with E-state index in [1.54, 1.807) is 12.1 Å². The third-order valence-corrected chi connectivity index (χ3v) is 9.09. The Balaban J connectivity index is 1.48. The molecule has 1 unspecified atom stereocenters. The van der Waals surface area contributed by atoms with Gasteiger partial charge in [-0.05, 0) is 67.9 Å². The molecule has 2 aromatic carbocycles. The van der Waals surface area contributed by atoms with Gasteiger partial charge in [-0.1, -0.05) is 24.3 Å². The molecule has 2 saturated heterocycles. The molecule has 1 N–H and O–H groups in total. The average Bonchev–Trinajstić information content (AvgIpc) is 2.89. The molecule has 1 amide bonds. The SMILES string of the molecule is O=C(NC1CCCc2ccccc21)c1cc(S(=O)(=O)N2CCOCC2)ccc1N1CCCCC1. The molecule has 182 valence electrons. The minimum atomic E-state index is -3.69. The van der Waals surface area contributed by atoms with E-state index >= 15 is 0 Å². The van der Waals surface area contributed by atoms with Crippen molar-refractivity contribution in [2.75, 3.05) is 44.3 Å². The lowest BCUT2D eigenvalue weighted by Gasteiger charge is -2.32. The van der Waals surface area contributed by atoms with Crippen LogP contribution < -0.4 is 10.2 Å². The highest BCUT2D eigenvalue weighted by molar-refractivity contribution is 7.89. The molecule has 1 aliphatic carbocycles. The van der Waals surface area contributed by atoms with Crippen LogP contribution in [0, 0.1) is 0 Å². The Morgan fingerprint density at radius 3 is 2.50 bits per heavy atom. The molecule has 0 spiro atoms. The van der Waals surface area contributed by atoms with Crippen LogP contribution >= 0.6 is 0 Å². The maximum atomic E-state index is 13.7. The zero-order valence-corrected chi connectivity index (χ0v) is 20.4. The topological polar surface area (TPSA) is 79.0 Å². The molecule has 0 saturated carbocycles. The smallest absolute Gasteiger partial charge is 0.253 e. The number of carbonyl (C=O) groups excluding carboxylic acids is 1. The summed E-state index contributed by atoms with van der Waals surface area (Å²) in [4.78, 5) is 16.1. The zero-order chi connectivity index (χ0) is 23.5. The summed E-state index contributed by atoms with van der Waals surface area (Å²) in [6.45, 7) is 3.19. The lowest BCUT2D eigenvalue weighted by Crippen LogP contribution is -2.41. The number of morpholine rings is 1. The van der Waals surface area contributed by atoms with Crippen molar-refractivity contribution in [3.05, 3.63) is 59.2 Å². The van der Waals surface area contributed by atoms with Gasteiger partial charge in [0.25, 0.3) is 5.91 Å². The molecule has 5 rings (SSSR count). The number of benzene rings is 2. The normalized spacial score (nSPS) is 21.6. The fourth-order valence-electron chi connectivity index (χ4n) is 5.34. The fourth-order valence-corrected chi connectivity index (χ4v) is 6.78. The van der Waals surface area contributed by atoms with Gasteiger partial charge < -0.3 is 15.0 Å². The molecular formula is C26H33N3O4S. The van der Waals surface area contributed by atoms with E-state index in [0.29, 0.717) is 31.9 Å². The van der Waals surface area contributed by atoms with Gasteiger partial charge in [0.05, 0.1) is 29.7 Å². The van der Waals surface area contributed by atoms with E-state index in [2.05, 4.69) is 22.3 Å². The second-order valence-electron chi connectivity index (χ2n) is 9.36. The van der Waals surface area contributed by atoms with E-state index in [9.17, 15) is 13.2 Å². The number of ether oxygens (including phenoxy) is 1. The number of anilines is 1. The van der Waals surface area contributed by atoms with Crippen molar-refractivity contribution in [2.24, 2.45) is 0 Å². The minimum Gasteiger partial charge on any atom is -0.379 e. The number of aryl methyl sites for hydroxylation is 1. The van der Waals surface area contributed by atoms with Crippen LogP contribution in [-0.2, 0) is 21.2 Å². The van der Waals surface area contributed by atoms with E-state index in [1.165, 1.54) is 21.9 Å². The Labute approximate surface area is 202 Å². The van der Waals surface area contributed by atoms with Gasteiger partial charge in [-0.3, -0.25) is 4.79 Å². The molecule has 0 aromatic heterocycles. The van der Waals surface area contributed by atoms with Gasteiger partial charge >= 0.3 is 0 Å². The summed E-state index contributed by atoms with van der Waals surface area (Å²) < 4.78 is 33.4. The van der Waals surface area contributed by atoms with Crippen LogP contribution in [0.25, 0.3) is 0 Å². The van der Waals surface area contributed by atoms with Crippen LogP contribution in [0.2, 0.25) is 0 Å². The summed E-state index contributed by atoms with van der Waals surface area (Å²) in [5.41, 5.74) is 3.71. The van der Waals surface area contributed by atoms with E-state index in [0.717, 1.165) is 50.9 Å². The standard InChI is InChI=1S/C26H33N3O4S/c30-26(27-24-10-6-8-20-7-2-3-9-22(20)24)23-19-21(34(31,32)29-15-17-33-18-16-29)11-12-25(23)28-13-4-1-5-14-28/h2-3,7,9,11-12,19,24H,1,4-6,8,10,13-18H2,(H,27,30). The quantitative estimate of drug-likeness (QED) is 0.704. The average molecular weight is 484 g/mol. The van der Waals surface area contributed by atoms with Crippen LogP contribution in [0.15, 0.2) is 47.4 Å². The molecule has 0 radical (unpaired) electrons. The monoisotopic (exact) mass is 483 g/mol. The van der Waals surface area contributed by atoms with Gasteiger partial charge in [-0.2, -0.15) is 4.31 Å². The summed E-state index contributed by atoms with van der Waals surface area (Å²) in [6.07, 6.45) is 6.25. The lowest BCUT2D eigenvalue weighted by molar-refractivity contribution is 0.0730. The van der Waals surface area contributed by atoms with Crippen molar-refractivity contribution >= 4 is 21.6 Å². The molecule has 8 heteroatoms. The number of piperidine rings is 1. The van der Waals surface area contributed by atoms with Gasteiger partial charge in [0.2, 0.25) is 10.0 Å². The number of nitrogens with one attached hydrogen (secondary N) is 1. The van der Waals surface area contributed by atoms with Gasteiger partial charge in [0, 0.05) is 31.9 Å². The number of nitrogens with zero attached hydrogens (tertiary/aromatic N) is 2. The highest BCUT2D eigenvalue weighted by atomic mass is 32.2. The molecule has 0 bridgehead atoms. The summed E-state index contributed by atoms with van der Waals surface area (Å²) in [5.74, 6) is -0.207. The Morgan fingerprint density at radius 1 is 0.941 bits per heavy atom. The molecule has 2 fully saturated rings. The maximum absolute atomic E-state index is 13.7. The summed E-state index contributed by atoms with van der Waals surface area (Å²) in [5, 5.41) is 3.24. The van der Waals surface area contributed by atoms with Crippen molar-refractivity contribution in [2.45, 2.75) is 49.5 Å². The Kier molecular flexibility index (Phi) is 6.90. The minimum absolute atomic E-state index is 0.0637. The third-order valence-electron chi connectivity index (χ3n) is 7.19. The number of fused-ring (bicyclic) bond motifs is 1. The first-order valence-corrected chi connectivity index (χ1v) is 13.8. The van der Waals surface area contributed by atoms with Crippen molar-refractivity contribution in [3.63, 3.8) is 0 Å². The second-order valence-corrected chi connectivity index (χ2v) is 11.3. The van der Waals surface area contributed by atoms with E-state index in [4.69, 9.17) is 4.74 Å². The van der Waals surface area contributed by atoms with Crippen molar-refractivity contribution < 1.29 is 17.9 Å². The van der Waals surface area contributed by atoms with Crippen molar-refractivity contribution in [1.29, 1.82) is 0 Å². The van der Waals surface area contributed by atoms with Gasteiger partial charge in [-0.15, -0.1) is 0 Å². The number of rotatable bonds is 5. The molecular weight excluding hydrogens is 450 g/mol. The number of carbonyl (C=O) groups is 1. The van der Waals surface area contributed by atoms with E-state index in [1.807, 2.05) is 18.2 Å². The third kappa shape index (κ3) is 4.72. The highest BCUT2D eigenvalue weighted by Crippen LogP contribution is 2.32. The second kappa shape index (κ2) is 10.1. The summed E-state index contributed by atoms with van der Waals surface area (Å²) >= 11 is 0. The molecule has 7 nitrogen and oxygen atoms in total. The van der Waals surface area contributed by atoms with E-state index < -0.39 is 10.0 Å². The van der Waals surface area contributed by atoms with Gasteiger partial charge in [0.15, 0.2) is 0 Å². The lowest BCUT2D eigenvalue weighted by atomic mass is 9.87. The molecule has 1 atom stereocenters. The maximum Gasteiger partial charge on any atom is 0.253 e. The summed E-state index contributed by atoms with van der Waals surface area (Å²) in [7, 11) is -3.69. The highest BCUT2D eigenvalue weighted by Gasteiger charge is 2.30. The Hall–Kier alpha value is -2.42. The number of hydrogen-bond donors (Lipinski definition) is 1. The predicted octanol–water partition coefficient (Wildman–Crippen LogP) is 3.51. The Morgan fingerprint density at radius 2 is 1.71 bits per heavy atom. The van der Waals surface area contributed by atoms with Crippen LogP contribution in [0.3, 0.4) is 0 Å². The van der Waals surface area contributed by atoms with E-state index in [-0.39, 0.29) is 16.8 Å². The van der Waals surface area contributed by atoms with Gasteiger partial charge in [-0.25, -0.2) is 8.42 Å². The Bertz CT molecular complexity index is 1140. The van der Waals surface area contributed by atoms with Gasteiger partial charge in [0.1, 0.15) is 0 Å². The zero-order valence-electron chi connectivity index (χ0n) is 19.5. The first-order valence-electron chi connectivity index (χ1n) is 12.4. The summed E-state index contributed by atoms with van der Waals surface area (Å²) in [6, 6.07) is 13.3. The largest absolute Gasteiger partial charge is 0.379 e. The first kappa shape index (κ1) is 23.3. The molecule has 3 aliphatic rings. The fraction of sp³-hybridized carbons (Fsp3) is 0.500. The van der Waals surface area contributed by atoms with Crippen LogP contribution in [0.5, 0.6) is 0 Å². The molecule has 2 aliphatic heterocycles. The number of sulfonamides is 1. The van der Waals surface area contributed by atoms with Crippen LogP contribution in [0.4, 0.5) is 5.69 Å². The van der Waals surface area contributed by atoms with Crippen LogP contribution in [-0.4, -0.2) is 58.0 Å². The molecule has 2 heterocycles. The van der Waals surface area contributed by atoms with Crippen LogP contribution in [0.1, 0.15) is 59.6 Å². The number of hydrogen-bond acceptors (Lipinski definition) is 5. The molecule has 34 heavy (non-hydrogen) atoms. The van der Waals surface area contributed by atoms with Crippen molar-refractivity contribution in [1.82, 2.24) is 9.62 Å². The van der Waals surface area contributed by atoms with Crippen molar-refractivity contribution in [3.8, 4) is 0 Å².